The molecule has 3 nitrogen and oxygen atoms in total. The second kappa shape index (κ2) is 6.75. The van der Waals surface area contributed by atoms with Crippen molar-refractivity contribution in [1.82, 2.24) is 0 Å². The normalized spacial score (nSPS) is 15.3. The van der Waals surface area contributed by atoms with Crippen LogP contribution in [0.3, 0.4) is 0 Å². The van der Waals surface area contributed by atoms with Crippen LogP contribution >= 0.6 is 0 Å². The van der Waals surface area contributed by atoms with E-state index in [0.29, 0.717) is 31.3 Å². The molecule has 0 fully saturated rings. The predicted octanol–water partition coefficient (Wildman–Crippen LogP) is 3.22. The van der Waals surface area contributed by atoms with Crippen LogP contribution in [0, 0.1) is 5.82 Å². The number of ether oxygens (including phenoxy) is 2. The fourth-order valence-corrected chi connectivity index (χ4v) is 2.56. The minimum Gasteiger partial charge on any atom is -0.486 e. The first kappa shape index (κ1) is 14.1. The molecule has 0 bridgehead atoms. The van der Waals surface area contributed by atoms with E-state index in [9.17, 15) is 4.39 Å². The van der Waals surface area contributed by atoms with Gasteiger partial charge in [0.15, 0.2) is 11.5 Å². The van der Waals surface area contributed by atoms with Gasteiger partial charge in [0.2, 0.25) is 0 Å². The Bertz CT molecular complexity index is 423. The van der Waals surface area contributed by atoms with Gasteiger partial charge in [-0.3, -0.25) is 0 Å². The first-order valence-corrected chi connectivity index (χ1v) is 7.05. The van der Waals surface area contributed by atoms with Crippen molar-refractivity contribution < 1.29 is 13.9 Å². The highest BCUT2D eigenvalue weighted by atomic mass is 19.1. The number of hydrogen-bond donors (Lipinski definition) is 1. The van der Waals surface area contributed by atoms with Gasteiger partial charge < -0.3 is 15.2 Å². The van der Waals surface area contributed by atoms with Crippen LogP contribution in [0.1, 0.15) is 44.1 Å². The van der Waals surface area contributed by atoms with Crippen LogP contribution in [0.4, 0.5) is 4.39 Å². The number of hydrogen-bond acceptors (Lipinski definition) is 3. The van der Waals surface area contributed by atoms with Crippen molar-refractivity contribution in [3.63, 3.8) is 0 Å². The summed E-state index contributed by atoms with van der Waals surface area (Å²) in [6, 6.07) is 3.26. The van der Waals surface area contributed by atoms with E-state index < -0.39 is 0 Å². The lowest BCUT2D eigenvalue weighted by molar-refractivity contribution is 0.170. The maximum atomic E-state index is 14.2. The van der Waals surface area contributed by atoms with E-state index in [1.54, 1.807) is 6.07 Å². The second-order valence-electron chi connectivity index (χ2n) is 4.93. The molecule has 2 N–H and O–H groups in total. The molecule has 1 aliphatic heterocycles. The lowest BCUT2D eigenvalue weighted by Gasteiger charge is -2.22. The predicted molar refractivity (Wildman–Crippen MR) is 73.3 cm³/mol. The maximum Gasteiger partial charge on any atom is 0.164 e. The molecule has 0 aromatic heterocycles. The monoisotopic (exact) mass is 267 g/mol. The smallest absolute Gasteiger partial charge is 0.164 e. The summed E-state index contributed by atoms with van der Waals surface area (Å²) in [7, 11) is 0. The van der Waals surface area contributed by atoms with Crippen LogP contribution in [0.15, 0.2) is 12.1 Å². The Morgan fingerprint density at radius 2 is 1.89 bits per heavy atom. The number of rotatable bonds is 6. The molecule has 1 aromatic carbocycles. The Morgan fingerprint density at radius 3 is 2.53 bits per heavy atom. The Labute approximate surface area is 113 Å². The Morgan fingerprint density at radius 1 is 1.21 bits per heavy atom. The summed E-state index contributed by atoms with van der Waals surface area (Å²) in [5.74, 6) is 1.20. The van der Waals surface area contributed by atoms with Crippen molar-refractivity contribution >= 4 is 0 Å². The lowest BCUT2D eigenvalue weighted by Crippen LogP contribution is -2.16. The summed E-state index contributed by atoms with van der Waals surface area (Å²) in [5, 5.41) is 0. The average Bonchev–Trinajstić information content (AvgIpc) is 2.43. The van der Waals surface area contributed by atoms with E-state index in [2.05, 4.69) is 6.92 Å². The summed E-state index contributed by atoms with van der Waals surface area (Å²) in [4.78, 5) is 0. The minimum atomic E-state index is -0.195. The molecular formula is C15H22FNO2. The number of benzene rings is 1. The van der Waals surface area contributed by atoms with E-state index in [1.807, 2.05) is 0 Å². The van der Waals surface area contributed by atoms with Crippen LogP contribution < -0.4 is 15.2 Å². The molecule has 0 aliphatic carbocycles. The van der Waals surface area contributed by atoms with Gasteiger partial charge in [-0.15, -0.1) is 0 Å². The van der Waals surface area contributed by atoms with Gasteiger partial charge in [-0.25, -0.2) is 4.39 Å². The summed E-state index contributed by atoms with van der Waals surface area (Å²) in [6.07, 6.45) is 3.83. The highest BCUT2D eigenvalue weighted by molar-refractivity contribution is 5.45. The number of halogens is 1. The van der Waals surface area contributed by atoms with Gasteiger partial charge in [0, 0.05) is 6.07 Å². The van der Waals surface area contributed by atoms with Crippen molar-refractivity contribution in [1.29, 1.82) is 0 Å². The van der Waals surface area contributed by atoms with Gasteiger partial charge in [-0.05, 0) is 43.4 Å². The molecule has 4 heteroatoms. The number of fused-ring (bicyclic) bond motifs is 1. The zero-order chi connectivity index (χ0) is 13.7. The molecule has 1 atom stereocenters. The zero-order valence-corrected chi connectivity index (χ0v) is 11.5. The summed E-state index contributed by atoms with van der Waals surface area (Å²) in [6.45, 7) is 3.77. The van der Waals surface area contributed by atoms with Gasteiger partial charge in [-0.1, -0.05) is 13.3 Å². The van der Waals surface area contributed by atoms with Crippen LogP contribution in [0.25, 0.3) is 0 Å². The Kier molecular flexibility index (Phi) is 5.02. The number of nitrogens with two attached hydrogens (primary N) is 1. The van der Waals surface area contributed by atoms with Crippen LogP contribution in [-0.4, -0.2) is 19.8 Å². The topological polar surface area (TPSA) is 44.5 Å². The van der Waals surface area contributed by atoms with Gasteiger partial charge in [0.05, 0.1) is 0 Å². The van der Waals surface area contributed by atoms with Crippen LogP contribution in [0.2, 0.25) is 0 Å². The molecule has 106 valence electrons. The highest BCUT2D eigenvalue weighted by Crippen LogP contribution is 2.37. The Hall–Kier alpha value is -1.29. The van der Waals surface area contributed by atoms with E-state index in [-0.39, 0.29) is 11.7 Å². The molecular weight excluding hydrogens is 245 g/mol. The van der Waals surface area contributed by atoms with Crippen LogP contribution in [-0.2, 0) is 0 Å². The van der Waals surface area contributed by atoms with E-state index >= 15 is 0 Å². The highest BCUT2D eigenvalue weighted by Gasteiger charge is 2.20. The third-order valence-electron chi connectivity index (χ3n) is 3.50. The summed E-state index contributed by atoms with van der Waals surface area (Å²) >= 11 is 0. The molecule has 1 aliphatic rings. The molecule has 19 heavy (non-hydrogen) atoms. The lowest BCUT2D eigenvalue weighted by atomic mass is 9.89. The van der Waals surface area contributed by atoms with Gasteiger partial charge >= 0.3 is 0 Å². The third kappa shape index (κ3) is 3.38. The average molecular weight is 267 g/mol. The largest absolute Gasteiger partial charge is 0.486 e. The molecule has 0 amide bonds. The minimum absolute atomic E-state index is 0.195. The van der Waals surface area contributed by atoms with Crippen molar-refractivity contribution in [2.24, 2.45) is 5.73 Å². The molecule has 0 spiro atoms. The molecule has 2 rings (SSSR count). The second-order valence-corrected chi connectivity index (χ2v) is 4.93. The van der Waals surface area contributed by atoms with E-state index in [0.717, 1.165) is 31.2 Å². The van der Waals surface area contributed by atoms with E-state index in [1.165, 1.54) is 6.07 Å². The first-order chi connectivity index (χ1) is 9.26. The fraction of sp³-hybridized carbons (Fsp3) is 0.600. The first-order valence-electron chi connectivity index (χ1n) is 7.05. The SMILES string of the molecule is CCCC(CCCN)c1cc2c(cc1F)OCCO2. The molecule has 0 radical (unpaired) electrons. The van der Waals surface area contributed by atoms with Crippen molar-refractivity contribution in [2.45, 2.75) is 38.5 Å². The standard InChI is InChI=1S/C15H22FNO2/c1-2-4-11(5-3-6-17)12-9-14-15(10-13(12)16)19-8-7-18-14/h9-11H,2-8,17H2,1H3. The summed E-state index contributed by atoms with van der Waals surface area (Å²) < 4.78 is 25.1. The molecule has 1 aromatic rings. The Balaban J connectivity index is 2.25. The van der Waals surface area contributed by atoms with Crippen molar-refractivity contribution in [3.05, 3.63) is 23.5 Å². The van der Waals surface area contributed by atoms with Gasteiger partial charge in [0.1, 0.15) is 19.0 Å². The van der Waals surface area contributed by atoms with Crippen molar-refractivity contribution in [2.75, 3.05) is 19.8 Å². The van der Waals surface area contributed by atoms with Crippen molar-refractivity contribution in [3.8, 4) is 11.5 Å². The summed E-state index contributed by atoms with van der Waals surface area (Å²) in [5.41, 5.74) is 6.30. The zero-order valence-electron chi connectivity index (χ0n) is 11.5. The van der Waals surface area contributed by atoms with E-state index in [4.69, 9.17) is 15.2 Å². The van der Waals surface area contributed by atoms with Crippen LogP contribution in [0.5, 0.6) is 11.5 Å². The quantitative estimate of drug-likeness (QED) is 0.860. The van der Waals surface area contributed by atoms with Gasteiger partial charge in [-0.2, -0.15) is 0 Å². The fourth-order valence-electron chi connectivity index (χ4n) is 2.56. The molecule has 1 heterocycles. The molecule has 0 saturated heterocycles. The third-order valence-corrected chi connectivity index (χ3v) is 3.50. The molecule has 0 saturated carbocycles. The maximum absolute atomic E-state index is 14.2. The molecule has 1 unspecified atom stereocenters. The van der Waals surface area contributed by atoms with Gasteiger partial charge in [0.25, 0.3) is 0 Å².